The monoisotopic (exact) mass is 462 g/mol. The summed E-state index contributed by atoms with van der Waals surface area (Å²) in [6.45, 7) is 0.0985. The molecule has 2 amide bonds. The minimum atomic E-state index is -2.00. The Hall–Kier alpha value is -2.88. The summed E-state index contributed by atoms with van der Waals surface area (Å²) >= 11 is 3.40. The third-order valence-electron chi connectivity index (χ3n) is 5.53. The van der Waals surface area contributed by atoms with E-state index in [9.17, 15) is 19.2 Å². The van der Waals surface area contributed by atoms with Gasteiger partial charge in [0.05, 0.1) is 18.2 Å². The van der Waals surface area contributed by atoms with E-state index in [0.717, 1.165) is 13.6 Å². The van der Waals surface area contributed by atoms with Gasteiger partial charge in [0.2, 0.25) is 5.88 Å². The van der Waals surface area contributed by atoms with Crippen LogP contribution in [0.5, 0.6) is 5.88 Å². The Kier molecular flexibility index (Phi) is 4.23. The molecule has 2 aromatic rings. The molecule has 1 aromatic carbocycles. The average Bonchev–Trinajstić information content (AvgIpc) is 3.05. The number of carbonyl (C=O) groups is 2. The second-order valence-electron chi connectivity index (χ2n) is 7.40. The highest BCUT2D eigenvalue weighted by atomic mass is 79.9. The van der Waals surface area contributed by atoms with Crippen LogP contribution in [0.3, 0.4) is 0 Å². The van der Waals surface area contributed by atoms with Gasteiger partial charge in [0.25, 0.3) is 23.0 Å². The van der Waals surface area contributed by atoms with Crippen LogP contribution in [-0.4, -0.2) is 57.1 Å². The van der Waals surface area contributed by atoms with Gasteiger partial charge in [-0.3, -0.25) is 23.5 Å². The highest BCUT2D eigenvalue weighted by Gasteiger charge is 2.66. The van der Waals surface area contributed by atoms with E-state index in [0.29, 0.717) is 5.56 Å². The zero-order valence-corrected chi connectivity index (χ0v) is 17.9. The molecule has 0 bridgehead atoms. The van der Waals surface area contributed by atoms with E-state index in [-0.39, 0.29) is 18.1 Å². The number of amides is 2. The molecule has 3 heterocycles. The van der Waals surface area contributed by atoms with Gasteiger partial charge in [-0.15, -0.1) is 0 Å². The zero-order chi connectivity index (χ0) is 21.2. The summed E-state index contributed by atoms with van der Waals surface area (Å²) in [5.41, 5.74) is -2.53. The quantitative estimate of drug-likeness (QED) is 0.555. The highest BCUT2D eigenvalue weighted by Crippen LogP contribution is 2.49. The first-order valence-corrected chi connectivity index (χ1v) is 9.66. The van der Waals surface area contributed by atoms with Crippen LogP contribution in [0.1, 0.15) is 17.0 Å². The maximum atomic E-state index is 13.4. The lowest BCUT2D eigenvalue weighted by molar-refractivity contribution is -0.172. The van der Waals surface area contributed by atoms with Gasteiger partial charge in [-0.2, -0.15) is 0 Å². The Morgan fingerprint density at radius 1 is 1.00 bits per heavy atom. The van der Waals surface area contributed by atoms with Crippen molar-refractivity contribution >= 4 is 27.7 Å². The van der Waals surface area contributed by atoms with Gasteiger partial charge < -0.3 is 14.5 Å². The van der Waals surface area contributed by atoms with Crippen molar-refractivity contribution in [3.8, 4) is 5.88 Å². The summed E-state index contributed by atoms with van der Waals surface area (Å²) in [6.07, 6.45) is 0. The number of rotatable bonds is 1. The number of hydrogen-bond donors (Lipinski definition) is 0. The minimum absolute atomic E-state index is 0.0616. The van der Waals surface area contributed by atoms with Crippen molar-refractivity contribution in [1.82, 2.24) is 18.9 Å². The van der Waals surface area contributed by atoms with Gasteiger partial charge in [0.15, 0.2) is 0 Å². The van der Waals surface area contributed by atoms with Gasteiger partial charge in [0.1, 0.15) is 0 Å². The lowest BCUT2D eigenvalue weighted by Gasteiger charge is -2.43. The SMILES string of the molecule is CN1CN(C)C(=O)C2(Oc3c(c(=O)n(C)c(=O)n3C)C2c2cccc(Br)c2)C1=O. The van der Waals surface area contributed by atoms with Crippen molar-refractivity contribution in [2.75, 3.05) is 20.8 Å². The smallest absolute Gasteiger partial charge is 0.333 e. The van der Waals surface area contributed by atoms with Crippen molar-refractivity contribution in [2.24, 2.45) is 14.1 Å². The number of fused-ring (bicyclic) bond motifs is 1. The van der Waals surface area contributed by atoms with E-state index < -0.39 is 34.6 Å². The first kappa shape index (κ1) is 19.4. The largest absolute Gasteiger partial charge is 0.450 e. The third-order valence-corrected chi connectivity index (χ3v) is 6.03. The number of nitrogens with zero attached hydrogens (tertiary/aromatic N) is 4. The summed E-state index contributed by atoms with van der Waals surface area (Å²) in [6, 6.07) is 7.03. The molecular formula is C19H19BrN4O5. The first-order chi connectivity index (χ1) is 13.6. The molecule has 1 spiro atoms. The molecule has 1 saturated heterocycles. The Bertz CT molecular complexity index is 1160. The predicted octanol–water partition coefficient (Wildman–Crippen LogP) is -0.00250. The fourth-order valence-electron chi connectivity index (χ4n) is 4.16. The molecule has 0 saturated carbocycles. The summed E-state index contributed by atoms with van der Waals surface area (Å²) in [4.78, 5) is 55.1. The molecule has 152 valence electrons. The average molecular weight is 463 g/mol. The normalized spacial score (nSPS) is 20.2. The van der Waals surface area contributed by atoms with Crippen LogP contribution in [0.2, 0.25) is 0 Å². The Labute approximate surface area is 174 Å². The number of ether oxygens (including phenoxy) is 1. The molecule has 10 heteroatoms. The van der Waals surface area contributed by atoms with Gasteiger partial charge in [-0.1, -0.05) is 28.1 Å². The predicted molar refractivity (Wildman–Crippen MR) is 107 cm³/mol. The van der Waals surface area contributed by atoms with Crippen molar-refractivity contribution in [3.05, 3.63) is 60.7 Å². The van der Waals surface area contributed by atoms with Gasteiger partial charge in [-0.05, 0) is 17.7 Å². The fourth-order valence-corrected chi connectivity index (χ4v) is 4.58. The number of hydrogen-bond acceptors (Lipinski definition) is 5. The van der Waals surface area contributed by atoms with Crippen LogP contribution >= 0.6 is 15.9 Å². The van der Waals surface area contributed by atoms with Gasteiger partial charge >= 0.3 is 5.69 Å². The van der Waals surface area contributed by atoms with Crippen LogP contribution < -0.4 is 16.0 Å². The Morgan fingerprint density at radius 2 is 1.62 bits per heavy atom. The van der Waals surface area contributed by atoms with Crippen LogP contribution in [0.25, 0.3) is 0 Å². The van der Waals surface area contributed by atoms with Crippen molar-refractivity contribution in [3.63, 3.8) is 0 Å². The molecule has 1 aromatic heterocycles. The summed E-state index contributed by atoms with van der Waals surface area (Å²) in [5, 5.41) is 0. The number of aromatic nitrogens is 2. The zero-order valence-electron chi connectivity index (χ0n) is 16.3. The molecule has 1 unspecified atom stereocenters. The second-order valence-corrected chi connectivity index (χ2v) is 8.31. The molecule has 1 fully saturated rings. The maximum Gasteiger partial charge on any atom is 0.333 e. The highest BCUT2D eigenvalue weighted by molar-refractivity contribution is 9.10. The number of halogens is 1. The van der Waals surface area contributed by atoms with Crippen molar-refractivity contribution < 1.29 is 14.3 Å². The van der Waals surface area contributed by atoms with E-state index in [1.807, 2.05) is 0 Å². The Morgan fingerprint density at radius 3 is 2.21 bits per heavy atom. The van der Waals surface area contributed by atoms with Crippen LogP contribution in [0.4, 0.5) is 0 Å². The molecule has 1 atom stereocenters. The molecule has 9 nitrogen and oxygen atoms in total. The van der Waals surface area contributed by atoms with Crippen molar-refractivity contribution in [1.29, 1.82) is 0 Å². The number of likely N-dealkylation sites (N-methyl/N-ethyl adjacent to an activating group) is 2. The first-order valence-electron chi connectivity index (χ1n) is 8.86. The summed E-state index contributed by atoms with van der Waals surface area (Å²) < 4.78 is 8.84. The Balaban J connectivity index is 2.13. The maximum absolute atomic E-state index is 13.4. The van der Waals surface area contributed by atoms with Crippen molar-refractivity contribution in [2.45, 2.75) is 11.5 Å². The molecule has 4 rings (SSSR count). The molecule has 0 N–H and O–H groups in total. The van der Waals surface area contributed by atoms with E-state index in [1.165, 1.54) is 23.9 Å². The van der Waals surface area contributed by atoms with E-state index >= 15 is 0 Å². The molecule has 2 aliphatic heterocycles. The number of carbonyl (C=O) groups excluding carboxylic acids is 2. The number of benzene rings is 1. The second kappa shape index (κ2) is 6.31. The van der Waals surface area contributed by atoms with Gasteiger partial charge in [-0.25, -0.2) is 4.79 Å². The fraction of sp³-hybridized carbons (Fsp3) is 0.368. The van der Waals surface area contributed by atoms with E-state index in [1.54, 1.807) is 38.4 Å². The molecular weight excluding hydrogens is 444 g/mol. The minimum Gasteiger partial charge on any atom is -0.450 e. The van der Waals surface area contributed by atoms with E-state index in [4.69, 9.17) is 4.74 Å². The third kappa shape index (κ3) is 2.44. The standard InChI is InChI=1S/C19H19BrN4O5/c1-21-9-22(2)17(27)19(16(21)26)13(10-6-5-7-11(20)8-10)12-14(25)23(3)18(28)24(4)15(12)29-19/h5-8,13H,9H2,1-4H3. The lowest BCUT2D eigenvalue weighted by atomic mass is 9.77. The molecule has 29 heavy (non-hydrogen) atoms. The van der Waals surface area contributed by atoms with Gasteiger partial charge in [0, 0.05) is 32.7 Å². The summed E-state index contributed by atoms with van der Waals surface area (Å²) in [5.74, 6) is -2.19. The molecule has 2 aliphatic rings. The van der Waals surface area contributed by atoms with Crippen LogP contribution in [-0.2, 0) is 23.7 Å². The topological polar surface area (TPSA) is 93.8 Å². The van der Waals surface area contributed by atoms with Crippen LogP contribution in [0, 0.1) is 0 Å². The summed E-state index contributed by atoms with van der Waals surface area (Å²) in [7, 11) is 5.93. The molecule has 0 aliphatic carbocycles. The lowest BCUT2D eigenvalue weighted by Crippen LogP contribution is -2.68. The van der Waals surface area contributed by atoms with E-state index in [2.05, 4.69) is 15.9 Å². The molecule has 0 radical (unpaired) electrons. The van der Waals surface area contributed by atoms with Crippen LogP contribution in [0.15, 0.2) is 38.3 Å².